The van der Waals surface area contributed by atoms with Crippen molar-refractivity contribution in [1.29, 1.82) is 0 Å². The Hall–Kier alpha value is -1.69. The summed E-state index contributed by atoms with van der Waals surface area (Å²) in [7, 11) is 0. The third-order valence-electron chi connectivity index (χ3n) is 3.65. The maximum absolute atomic E-state index is 12.4. The van der Waals surface area contributed by atoms with Crippen molar-refractivity contribution in [3.63, 3.8) is 0 Å². The van der Waals surface area contributed by atoms with Crippen LogP contribution in [0.4, 0.5) is 5.82 Å². The second kappa shape index (κ2) is 6.47. The fourth-order valence-corrected chi connectivity index (χ4v) is 2.63. The first-order valence-electron chi connectivity index (χ1n) is 6.87. The molecule has 3 N–H and O–H groups in total. The van der Waals surface area contributed by atoms with Gasteiger partial charge in [-0.2, -0.15) is 0 Å². The number of nitrogens with one attached hydrogen (secondary N) is 1. The molecule has 6 heteroatoms. The lowest BCUT2D eigenvalue weighted by Crippen LogP contribution is -2.41. The molecule has 1 amide bonds. The zero-order valence-electron chi connectivity index (χ0n) is 11.3. The van der Waals surface area contributed by atoms with E-state index in [1.54, 1.807) is 12.1 Å². The summed E-state index contributed by atoms with van der Waals surface area (Å²) in [6.07, 6.45) is 5.87. The molecule has 1 saturated carbocycles. The molecule has 0 aliphatic heterocycles. The fourth-order valence-electron chi connectivity index (χ4n) is 2.63. The Labute approximate surface area is 113 Å². The van der Waals surface area contributed by atoms with Gasteiger partial charge in [0.1, 0.15) is 0 Å². The lowest BCUT2D eigenvalue weighted by Gasteiger charge is -2.33. The van der Waals surface area contributed by atoms with Gasteiger partial charge in [0.2, 0.25) is 0 Å². The number of aromatic nitrogens is 2. The van der Waals surface area contributed by atoms with Crippen molar-refractivity contribution in [1.82, 2.24) is 15.1 Å². The molecule has 0 aromatic carbocycles. The predicted octanol–water partition coefficient (Wildman–Crippen LogP) is 1.56. The van der Waals surface area contributed by atoms with E-state index in [0.29, 0.717) is 24.1 Å². The molecular formula is C13H21N5O. The highest BCUT2D eigenvalue weighted by atomic mass is 16.2. The summed E-state index contributed by atoms with van der Waals surface area (Å²) in [5.74, 6) is 5.65. The number of hydrazine groups is 1. The van der Waals surface area contributed by atoms with E-state index in [1.807, 2.05) is 11.8 Å². The van der Waals surface area contributed by atoms with Gasteiger partial charge in [-0.1, -0.05) is 19.3 Å². The van der Waals surface area contributed by atoms with Crippen LogP contribution < -0.4 is 11.3 Å². The largest absolute Gasteiger partial charge is 0.335 e. The number of nitrogens with zero attached hydrogens (tertiary/aromatic N) is 3. The zero-order chi connectivity index (χ0) is 13.7. The number of nitrogen functional groups attached to an aromatic ring is 1. The summed E-state index contributed by atoms with van der Waals surface area (Å²) in [6, 6.07) is 3.67. The first kappa shape index (κ1) is 13.7. The Morgan fingerprint density at radius 3 is 2.63 bits per heavy atom. The molecule has 1 aromatic rings. The average Bonchev–Trinajstić information content (AvgIpc) is 2.49. The van der Waals surface area contributed by atoms with Gasteiger partial charge in [0.25, 0.3) is 5.91 Å². The number of carbonyl (C=O) groups is 1. The molecule has 1 aliphatic rings. The minimum atomic E-state index is -0.0366. The third kappa shape index (κ3) is 3.20. The molecule has 2 rings (SSSR count). The van der Waals surface area contributed by atoms with Gasteiger partial charge in [0.15, 0.2) is 11.5 Å². The standard InChI is InChI=1S/C13H21N5O/c1-2-18(10-6-4-3-5-7-10)13(19)11-8-9-12(15-14)17-16-11/h8-10H,2-7,14H2,1H3,(H,15,17). The van der Waals surface area contributed by atoms with Crippen LogP contribution in [0.15, 0.2) is 12.1 Å². The number of carbonyl (C=O) groups excluding carboxylic acids is 1. The molecule has 0 saturated heterocycles. The Morgan fingerprint density at radius 1 is 1.37 bits per heavy atom. The predicted molar refractivity (Wildman–Crippen MR) is 73.4 cm³/mol. The van der Waals surface area contributed by atoms with E-state index in [-0.39, 0.29) is 5.91 Å². The van der Waals surface area contributed by atoms with Crippen molar-refractivity contribution in [2.45, 2.75) is 45.1 Å². The second-order valence-corrected chi connectivity index (χ2v) is 4.83. The molecule has 1 aliphatic carbocycles. The number of hydrogen-bond donors (Lipinski definition) is 2. The average molecular weight is 263 g/mol. The van der Waals surface area contributed by atoms with Gasteiger partial charge >= 0.3 is 0 Å². The number of nitrogens with two attached hydrogens (primary N) is 1. The van der Waals surface area contributed by atoms with E-state index in [0.717, 1.165) is 12.8 Å². The number of hydrogen-bond acceptors (Lipinski definition) is 5. The normalized spacial score (nSPS) is 16.1. The van der Waals surface area contributed by atoms with Crippen LogP contribution in [0.2, 0.25) is 0 Å². The monoisotopic (exact) mass is 263 g/mol. The molecule has 19 heavy (non-hydrogen) atoms. The number of amides is 1. The third-order valence-corrected chi connectivity index (χ3v) is 3.65. The molecule has 0 unspecified atom stereocenters. The fraction of sp³-hybridized carbons (Fsp3) is 0.615. The summed E-state index contributed by atoms with van der Waals surface area (Å²) in [5, 5.41) is 7.78. The smallest absolute Gasteiger partial charge is 0.274 e. The van der Waals surface area contributed by atoms with E-state index >= 15 is 0 Å². The summed E-state index contributed by atoms with van der Waals surface area (Å²) in [6.45, 7) is 2.72. The quantitative estimate of drug-likeness (QED) is 0.636. The Morgan fingerprint density at radius 2 is 2.11 bits per heavy atom. The highest BCUT2D eigenvalue weighted by molar-refractivity contribution is 5.92. The van der Waals surface area contributed by atoms with E-state index in [9.17, 15) is 4.79 Å². The van der Waals surface area contributed by atoms with Crippen LogP contribution in [-0.2, 0) is 0 Å². The summed E-state index contributed by atoms with van der Waals surface area (Å²) >= 11 is 0. The first-order chi connectivity index (χ1) is 9.26. The van der Waals surface area contributed by atoms with Crippen LogP contribution in [0.5, 0.6) is 0 Å². The van der Waals surface area contributed by atoms with Crippen LogP contribution in [0.25, 0.3) is 0 Å². The van der Waals surface area contributed by atoms with Gasteiger partial charge in [-0.25, -0.2) is 5.84 Å². The van der Waals surface area contributed by atoms with E-state index in [2.05, 4.69) is 15.6 Å². The highest BCUT2D eigenvalue weighted by Crippen LogP contribution is 2.23. The summed E-state index contributed by atoms with van der Waals surface area (Å²) in [4.78, 5) is 14.4. The molecule has 0 spiro atoms. The molecule has 1 aromatic heterocycles. The van der Waals surface area contributed by atoms with Crippen molar-refractivity contribution in [2.75, 3.05) is 12.0 Å². The van der Waals surface area contributed by atoms with Gasteiger partial charge in [-0.05, 0) is 31.9 Å². The van der Waals surface area contributed by atoms with Crippen LogP contribution in [0, 0.1) is 0 Å². The van der Waals surface area contributed by atoms with Crippen LogP contribution >= 0.6 is 0 Å². The van der Waals surface area contributed by atoms with Crippen LogP contribution in [-0.4, -0.2) is 33.6 Å². The van der Waals surface area contributed by atoms with Crippen molar-refractivity contribution >= 4 is 11.7 Å². The molecule has 104 valence electrons. The van der Waals surface area contributed by atoms with Gasteiger partial charge in [-0.15, -0.1) is 10.2 Å². The van der Waals surface area contributed by atoms with Gasteiger partial charge in [0, 0.05) is 12.6 Å². The second-order valence-electron chi connectivity index (χ2n) is 4.83. The first-order valence-corrected chi connectivity index (χ1v) is 6.87. The van der Waals surface area contributed by atoms with Gasteiger partial charge < -0.3 is 10.3 Å². The molecule has 1 heterocycles. The SMILES string of the molecule is CCN(C(=O)c1ccc(NN)nn1)C1CCCCC1. The summed E-state index contributed by atoms with van der Waals surface area (Å²) in [5.41, 5.74) is 2.78. The molecule has 1 fully saturated rings. The maximum atomic E-state index is 12.4. The minimum Gasteiger partial charge on any atom is -0.335 e. The van der Waals surface area contributed by atoms with Crippen LogP contribution in [0.3, 0.4) is 0 Å². The molecule has 0 bridgehead atoms. The van der Waals surface area contributed by atoms with Gasteiger partial charge in [0.05, 0.1) is 0 Å². The number of anilines is 1. The topological polar surface area (TPSA) is 84.1 Å². The Balaban J connectivity index is 2.10. The van der Waals surface area contributed by atoms with Crippen molar-refractivity contribution < 1.29 is 4.79 Å². The van der Waals surface area contributed by atoms with Gasteiger partial charge in [-0.3, -0.25) is 4.79 Å². The summed E-state index contributed by atoms with van der Waals surface area (Å²) < 4.78 is 0. The highest BCUT2D eigenvalue weighted by Gasteiger charge is 2.25. The lowest BCUT2D eigenvalue weighted by molar-refractivity contribution is 0.0640. The molecule has 0 atom stereocenters. The molecule has 6 nitrogen and oxygen atoms in total. The van der Waals surface area contributed by atoms with Crippen LogP contribution in [0.1, 0.15) is 49.5 Å². The zero-order valence-corrected chi connectivity index (χ0v) is 11.3. The van der Waals surface area contributed by atoms with Crippen molar-refractivity contribution in [2.24, 2.45) is 5.84 Å². The van der Waals surface area contributed by atoms with E-state index in [4.69, 9.17) is 5.84 Å². The Bertz CT molecular complexity index is 414. The Kier molecular flexibility index (Phi) is 4.68. The van der Waals surface area contributed by atoms with Crippen molar-refractivity contribution in [3.05, 3.63) is 17.8 Å². The minimum absolute atomic E-state index is 0.0366. The van der Waals surface area contributed by atoms with Crippen molar-refractivity contribution in [3.8, 4) is 0 Å². The van der Waals surface area contributed by atoms with E-state index < -0.39 is 0 Å². The van der Waals surface area contributed by atoms with E-state index in [1.165, 1.54) is 19.3 Å². The lowest BCUT2D eigenvalue weighted by atomic mass is 9.94. The molecular weight excluding hydrogens is 242 g/mol. The molecule has 0 radical (unpaired) electrons. The maximum Gasteiger partial charge on any atom is 0.274 e. The number of rotatable bonds is 4.